The van der Waals surface area contributed by atoms with Crippen LogP contribution < -0.4 is 5.46 Å². The van der Waals surface area contributed by atoms with Gasteiger partial charge < -0.3 is 14.9 Å². The van der Waals surface area contributed by atoms with Crippen LogP contribution in [0, 0.1) is 0 Å². The van der Waals surface area contributed by atoms with Crippen LogP contribution >= 0.6 is 0 Å². The van der Waals surface area contributed by atoms with Crippen molar-refractivity contribution in [2.75, 3.05) is 0 Å². The third-order valence-electron chi connectivity index (χ3n) is 3.07. The highest BCUT2D eigenvalue weighted by Crippen LogP contribution is 2.24. The van der Waals surface area contributed by atoms with Gasteiger partial charge in [0.25, 0.3) is 0 Å². The molecule has 1 heterocycles. The Morgan fingerprint density at radius 3 is 2.56 bits per heavy atom. The number of nitrogens with zero attached hydrogens (tertiary/aromatic N) is 2. The molecule has 1 unspecified atom stereocenters. The maximum absolute atomic E-state index is 9.95. The maximum atomic E-state index is 9.95. The molecule has 0 aromatic carbocycles. The maximum Gasteiger partial charge on any atom is 0.334 e. The highest BCUT2D eigenvalue weighted by Gasteiger charge is 2.35. The Balaban J connectivity index is 2.56. The zero-order valence-corrected chi connectivity index (χ0v) is 11.7. The van der Waals surface area contributed by atoms with Crippen molar-refractivity contribution in [2.45, 2.75) is 58.5 Å². The largest absolute Gasteiger partial charge is 0.427 e. The average molecular weight is 253 g/mol. The molecule has 1 aromatic rings. The van der Waals surface area contributed by atoms with E-state index in [1.165, 1.54) is 0 Å². The van der Waals surface area contributed by atoms with Crippen LogP contribution in [0.25, 0.3) is 0 Å². The molecule has 0 fully saturated rings. The average Bonchev–Trinajstić information content (AvgIpc) is 2.60. The molecule has 0 aliphatic rings. The molecule has 1 rings (SSSR count). The molecule has 1 radical (unpaired) electrons. The van der Waals surface area contributed by atoms with Gasteiger partial charge >= 0.3 is 7.48 Å². The molecule has 0 amide bonds. The number of hydrogen-bond donors (Lipinski definition) is 2. The number of rotatable bonds is 6. The van der Waals surface area contributed by atoms with E-state index in [4.69, 9.17) is 4.65 Å². The fraction of sp³-hybridized carbons (Fsp3) is 0.750. The van der Waals surface area contributed by atoms with Crippen molar-refractivity contribution in [2.24, 2.45) is 0 Å². The van der Waals surface area contributed by atoms with E-state index >= 15 is 0 Å². The molecule has 18 heavy (non-hydrogen) atoms. The predicted molar refractivity (Wildman–Crippen MR) is 70.8 cm³/mol. The Labute approximate surface area is 109 Å². The Hall–Kier alpha value is -0.845. The lowest BCUT2D eigenvalue weighted by molar-refractivity contribution is -0.0893. The molecule has 2 N–H and O–H groups in total. The summed E-state index contributed by atoms with van der Waals surface area (Å²) in [5.74, 6) is 0. The smallest absolute Gasteiger partial charge is 0.334 e. The van der Waals surface area contributed by atoms with Gasteiger partial charge in [-0.2, -0.15) is 5.10 Å². The summed E-state index contributed by atoms with van der Waals surface area (Å²) in [6, 6.07) is 0. The van der Waals surface area contributed by atoms with Crippen molar-refractivity contribution < 1.29 is 14.9 Å². The number of hydrogen-bond acceptors (Lipinski definition) is 4. The second kappa shape index (κ2) is 5.42. The number of aromatic nitrogens is 2. The van der Waals surface area contributed by atoms with Gasteiger partial charge in [-0.3, -0.25) is 4.68 Å². The molecular weight excluding hydrogens is 231 g/mol. The molecule has 1 aromatic heterocycles. The first-order chi connectivity index (χ1) is 8.12. The lowest BCUT2D eigenvalue weighted by atomic mass is 9.84. The summed E-state index contributed by atoms with van der Waals surface area (Å²) in [6.07, 6.45) is 3.00. The fourth-order valence-electron chi connectivity index (χ4n) is 1.17. The molecule has 0 aliphatic carbocycles. The predicted octanol–water partition coefficient (Wildman–Crippen LogP) is 0.0745. The van der Waals surface area contributed by atoms with E-state index in [2.05, 4.69) is 5.10 Å². The second-order valence-electron chi connectivity index (χ2n) is 5.65. The Morgan fingerprint density at radius 1 is 1.44 bits per heavy atom. The Bertz CT molecular complexity index is 383. The summed E-state index contributed by atoms with van der Waals surface area (Å²) in [7, 11) is 1.57. The highest BCUT2D eigenvalue weighted by molar-refractivity contribution is 6.46. The molecule has 0 spiro atoms. The molecule has 1 atom stereocenters. The van der Waals surface area contributed by atoms with E-state index in [9.17, 15) is 10.2 Å². The summed E-state index contributed by atoms with van der Waals surface area (Å²) >= 11 is 0. The topological polar surface area (TPSA) is 67.5 Å². The van der Waals surface area contributed by atoms with Gasteiger partial charge in [0, 0.05) is 12.4 Å². The SMILES string of the molecule is CC(O)Cn1cc([B]OC(C)(C)C(C)(C)O)cn1. The normalized spacial score (nSPS) is 14.6. The van der Waals surface area contributed by atoms with Crippen molar-refractivity contribution in [1.82, 2.24) is 9.78 Å². The molecule has 101 valence electrons. The van der Waals surface area contributed by atoms with Gasteiger partial charge in [0.05, 0.1) is 23.9 Å². The lowest BCUT2D eigenvalue weighted by Crippen LogP contribution is -2.49. The number of aliphatic hydroxyl groups excluding tert-OH is 1. The van der Waals surface area contributed by atoms with Gasteiger partial charge in [0.1, 0.15) is 0 Å². The lowest BCUT2D eigenvalue weighted by Gasteiger charge is -2.37. The van der Waals surface area contributed by atoms with Gasteiger partial charge in [-0.25, -0.2) is 0 Å². The first-order valence-corrected chi connectivity index (χ1v) is 6.06. The van der Waals surface area contributed by atoms with Gasteiger partial charge in [0.15, 0.2) is 0 Å². The molecule has 0 saturated carbocycles. The molecule has 0 aliphatic heterocycles. The van der Waals surface area contributed by atoms with Gasteiger partial charge in [0.2, 0.25) is 0 Å². The van der Waals surface area contributed by atoms with E-state index in [0.29, 0.717) is 6.54 Å². The van der Waals surface area contributed by atoms with Crippen LogP contribution in [0.1, 0.15) is 34.6 Å². The fourth-order valence-corrected chi connectivity index (χ4v) is 1.17. The van der Waals surface area contributed by atoms with Crippen LogP contribution in [0.15, 0.2) is 12.4 Å². The van der Waals surface area contributed by atoms with Crippen LogP contribution in [0.5, 0.6) is 0 Å². The van der Waals surface area contributed by atoms with Crippen molar-refractivity contribution in [3.8, 4) is 0 Å². The van der Waals surface area contributed by atoms with E-state index < -0.39 is 17.3 Å². The third kappa shape index (κ3) is 4.12. The first-order valence-electron chi connectivity index (χ1n) is 6.06. The summed E-state index contributed by atoms with van der Waals surface area (Å²) < 4.78 is 7.26. The van der Waals surface area contributed by atoms with Crippen molar-refractivity contribution >= 4 is 12.9 Å². The first kappa shape index (κ1) is 15.2. The molecular formula is C12H22BN2O3. The minimum atomic E-state index is -0.945. The van der Waals surface area contributed by atoms with Gasteiger partial charge in [-0.15, -0.1) is 0 Å². The molecule has 0 bridgehead atoms. The standard InChI is InChI=1S/C12H22BN2O3/c1-9(16)7-15-8-10(6-14-15)13-18-12(4,5)11(2,3)17/h6,8-9,16-17H,7H2,1-5H3. The molecule has 6 heteroatoms. The van der Waals surface area contributed by atoms with Crippen molar-refractivity contribution in [1.29, 1.82) is 0 Å². The summed E-state index contributed by atoms with van der Waals surface area (Å²) in [5.41, 5.74) is -0.841. The van der Waals surface area contributed by atoms with Crippen LogP contribution in [-0.2, 0) is 11.2 Å². The number of aliphatic hydroxyl groups is 2. The summed E-state index contributed by atoms with van der Waals surface area (Å²) in [5, 5.41) is 23.3. The Morgan fingerprint density at radius 2 is 2.06 bits per heavy atom. The highest BCUT2D eigenvalue weighted by atomic mass is 16.5. The minimum absolute atomic E-state index is 0.438. The van der Waals surface area contributed by atoms with E-state index in [0.717, 1.165) is 5.46 Å². The van der Waals surface area contributed by atoms with Crippen LogP contribution in [-0.4, -0.2) is 44.8 Å². The van der Waals surface area contributed by atoms with E-state index in [-0.39, 0.29) is 0 Å². The van der Waals surface area contributed by atoms with Crippen molar-refractivity contribution in [3.63, 3.8) is 0 Å². The van der Waals surface area contributed by atoms with Crippen LogP contribution in [0.2, 0.25) is 0 Å². The second-order valence-corrected chi connectivity index (χ2v) is 5.65. The van der Waals surface area contributed by atoms with E-state index in [1.54, 1.807) is 45.3 Å². The zero-order chi connectivity index (χ0) is 14.0. The molecule has 5 nitrogen and oxygen atoms in total. The third-order valence-corrected chi connectivity index (χ3v) is 3.07. The molecule has 0 saturated heterocycles. The zero-order valence-electron chi connectivity index (χ0n) is 11.7. The summed E-state index contributed by atoms with van der Waals surface area (Å²) in [6.45, 7) is 9.21. The minimum Gasteiger partial charge on any atom is -0.427 e. The van der Waals surface area contributed by atoms with Crippen LogP contribution in [0.3, 0.4) is 0 Å². The van der Waals surface area contributed by atoms with Gasteiger partial charge in [-0.05, 0) is 40.1 Å². The van der Waals surface area contributed by atoms with E-state index in [1.807, 2.05) is 13.8 Å². The van der Waals surface area contributed by atoms with Crippen LogP contribution in [0.4, 0.5) is 0 Å². The quantitative estimate of drug-likeness (QED) is 0.704. The van der Waals surface area contributed by atoms with Crippen molar-refractivity contribution in [3.05, 3.63) is 12.4 Å². The van der Waals surface area contributed by atoms with Gasteiger partial charge in [-0.1, -0.05) is 0 Å². The Kier molecular flexibility index (Phi) is 4.58. The monoisotopic (exact) mass is 253 g/mol. The summed E-state index contributed by atoms with van der Waals surface area (Å²) in [4.78, 5) is 0.